The number of benzene rings is 1. The van der Waals surface area contributed by atoms with Crippen molar-refractivity contribution in [3.63, 3.8) is 0 Å². The number of aryl methyl sites for hydroxylation is 1. The van der Waals surface area contributed by atoms with Crippen molar-refractivity contribution >= 4 is 5.82 Å². The first kappa shape index (κ1) is 12.4. The Morgan fingerprint density at radius 1 is 1.33 bits per heavy atom. The predicted molar refractivity (Wildman–Crippen MR) is 72.3 cm³/mol. The average molecular weight is 246 g/mol. The third-order valence-corrected chi connectivity index (χ3v) is 2.91. The molecular weight excluding hydrogens is 228 g/mol. The first-order valence-electron chi connectivity index (χ1n) is 5.88. The minimum absolute atomic E-state index is 0.482. The number of nitrogens with two attached hydrogens (primary N) is 2. The van der Waals surface area contributed by atoms with Gasteiger partial charge in [-0.1, -0.05) is 31.2 Å². The second-order valence-electron chi connectivity index (χ2n) is 4.08. The molecule has 0 saturated heterocycles. The molecule has 0 unspecified atom stereocenters. The van der Waals surface area contributed by atoms with Gasteiger partial charge in [0, 0.05) is 19.1 Å². The summed E-state index contributed by atoms with van der Waals surface area (Å²) in [6, 6.07) is 7.90. The fourth-order valence-electron chi connectivity index (χ4n) is 1.97. The summed E-state index contributed by atoms with van der Waals surface area (Å²) in [5.41, 5.74) is 8.75. The third kappa shape index (κ3) is 2.04. The van der Waals surface area contributed by atoms with E-state index in [4.69, 9.17) is 16.3 Å². The Balaban J connectivity index is 2.55. The molecule has 5 heteroatoms. The number of methoxy groups -OCH3 is 1. The van der Waals surface area contributed by atoms with Crippen LogP contribution in [0.25, 0.3) is 11.3 Å². The summed E-state index contributed by atoms with van der Waals surface area (Å²) in [5.74, 6) is 7.13. The molecule has 2 aromatic rings. The van der Waals surface area contributed by atoms with Crippen LogP contribution in [0.4, 0.5) is 5.82 Å². The molecule has 96 valence electrons. The van der Waals surface area contributed by atoms with Gasteiger partial charge in [0.05, 0.1) is 6.61 Å². The van der Waals surface area contributed by atoms with E-state index in [-0.39, 0.29) is 0 Å². The van der Waals surface area contributed by atoms with Crippen molar-refractivity contribution in [2.24, 2.45) is 0 Å². The number of imidazole rings is 1. The molecule has 0 spiro atoms. The Morgan fingerprint density at radius 3 is 2.67 bits per heavy atom. The smallest absolute Gasteiger partial charge is 0.150 e. The van der Waals surface area contributed by atoms with Crippen molar-refractivity contribution in [1.82, 2.24) is 9.66 Å². The highest BCUT2D eigenvalue weighted by atomic mass is 16.5. The SMILES string of the molecule is CCc1nc(-c2ccccc2COC)c(N)n1N. The number of anilines is 1. The molecule has 4 N–H and O–H groups in total. The van der Waals surface area contributed by atoms with Gasteiger partial charge in [-0.05, 0) is 5.56 Å². The number of hydrogen-bond acceptors (Lipinski definition) is 4. The lowest BCUT2D eigenvalue weighted by molar-refractivity contribution is 0.185. The van der Waals surface area contributed by atoms with Gasteiger partial charge in [-0.3, -0.25) is 0 Å². The maximum atomic E-state index is 6.01. The zero-order valence-corrected chi connectivity index (χ0v) is 10.7. The highest BCUT2D eigenvalue weighted by Crippen LogP contribution is 2.28. The molecule has 1 aromatic carbocycles. The third-order valence-electron chi connectivity index (χ3n) is 2.91. The van der Waals surface area contributed by atoms with E-state index in [0.717, 1.165) is 29.1 Å². The first-order chi connectivity index (χ1) is 8.69. The lowest BCUT2D eigenvalue weighted by atomic mass is 10.1. The van der Waals surface area contributed by atoms with Crippen LogP contribution in [-0.2, 0) is 17.8 Å². The molecule has 1 aromatic heterocycles. The van der Waals surface area contributed by atoms with Crippen LogP contribution in [0.1, 0.15) is 18.3 Å². The summed E-state index contributed by atoms with van der Waals surface area (Å²) >= 11 is 0. The summed E-state index contributed by atoms with van der Waals surface area (Å²) in [7, 11) is 1.67. The minimum Gasteiger partial charge on any atom is -0.382 e. The lowest BCUT2D eigenvalue weighted by Gasteiger charge is -2.07. The molecule has 2 rings (SSSR count). The quantitative estimate of drug-likeness (QED) is 0.802. The largest absolute Gasteiger partial charge is 0.382 e. The lowest BCUT2D eigenvalue weighted by Crippen LogP contribution is -2.14. The highest BCUT2D eigenvalue weighted by molar-refractivity contribution is 5.73. The van der Waals surface area contributed by atoms with Crippen molar-refractivity contribution in [3.05, 3.63) is 35.7 Å². The Labute approximate surface area is 106 Å². The molecule has 18 heavy (non-hydrogen) atoms. The van der Waals surface area contributed by atoms with E-state index < -0.39 is 0 Å². The van der Waals surface area contributed by atoms with Crippen LogP contribution in [-0.4, -0.2) is 16.8 Å². The van der Waals surface area contributed by atoms with Gasteiger partial charge >= 0.3 is 0 Å². The van der Waals surface area contributed by atoms with E-state index in [2.05, 4.69) is 4.98 Å². The number of nitrogen functional groups attached to an aromatic ring is 2. The standard InChI is InChI=1S/C13H18N4O/c1-3-11-16-12(13(14)17(11)15)10-7-5-4-6-9(10)8-18-2/h4-7H,3,8,14-15H2,1-2H3. The van der Waals surface area contributed by atoms with Crippen molar-refractivity contribution in [3.8, 4) is 11.3 Å². The van der Waals surface area contributed by atoms with Crippen LogP contribution < -0.4 is 11.6 Å². The summed E-state index contributed by atoms with van der Waals surface area (Å²) in [5, 5.41) is 0. The van der Waals surface area contributed by atoms with Crippen molar-refractivity contribution in [2.75, 3.05) is 18.7 Å². The van der Waals surface area contributed by atoms with Crippen LogP contribution in [0.2, 0.25) is 0 Å². The maximum absolute atomic E-state index is 6.01. The number of nitrogens with zero attached hydrogens (tertiary/aromatic N) is 2. The van der Waals surface area contributed by atoms with E-state index in [1.54, 1.807) is 7.11 Å². The monoisotopic (exact) mass is 246 g/mol. The van der Waals surface area contributed by atoms with Crippen molar-refractivity contribution in [2.45, 2.75) is 20.0 Å². The maximum Gasteiger partial charge on any atom is 0.150 e. The van der Waals surface area contributed by atoms with Gasteiger partial charge in [0.15, 0.2) is 5.82 Å². The Kier molecular flexibility index (Phi) is 3.53. The van der Waals surface area contributed by atoms with Gasteiger partial charge < -0.3 is 16.3 Å². The predicted octanol–water partition coefficient (Wildman–Crippen LogP) is 1.55. The topological polar surface area (TPSA) is 79.1 Å². The first-order valence-corrected chi connectivity index (χ1v) is 5.88. The Morgan fingerprint density at radius 2 is 2.06 bits per heavy atom. The molecule has 0 aliphatic carbocycles. The molecule has 0 atom stereocenters. The van der Waals surface area contributed by atoms with Crippen LogP contribution in [0, 0.1) is 0 Å². The zero-order valence-electron chi connectivity index (χ0n) is 10.7. The number of hydrogen-bond donors (Lipinski definition) is 2. The molecule has 0 aliphatic rings. The van der Waals surface area contributed by atoms with Crippen LogP contribution in [0.15, 0.2) is 24.3 Å². The number of ether oxygens (including phenoxy) is 1. The molecule has 5 nitrogen and oxygen atoms in total. The summed E-state index contributed by atoms with van der Waals surface area (Å²) < 4.78 is 6.63. The molecular formula is C13H18N4O. The fraction of sp³-hybridized carbons (Fsp3) is 0.308. The average Bonchev–Trinajstić information content (AvgIpc) is 2.67. The molecule has 0 aliphatic heterocycles. The normalized spacial score (nSPS) is 10.8. The summed E-state index contributed by atoms with van der Waals surface area (Å²) in [6.45, 7) is 2.52. The summed E-state index contributed by atoms with van der Waals surface area (Å²) in [6.07, 6.45) is 0.743. The molecule has 0 amide bonds. The zero-order chi connectivity index (χ0) is 13.1. The minimum atomic E-state index is 0.482. The van der Waals surface area contributed by atoms with Gasteiger partial charge in [0.25, 0.3) is 0 Å². The van der Waals surface area contributed by atoms with E-state index >= 15 is 0 Å². The van der Waals surface area contributed by atoms with Gasteiger partial charge in [0.2, 0.25) is 0 Å². The number of rotatable bonds is 4. The second kappa shape index (κ2) is 5.10. The van der Waals surface area contributed by atoms with Crippen molar-refractivity contribution in [1.29, 1.82) is 0 Å². The summed E-state index contributed by atoms with van der Waals surface area (Å²) in [4.78, 5) is 4.50. The second-order valence-corrected chi connectivity index (χ2v) is 4.08. The van der Waals surface area contributed by atoms with Crippen LogP contribution >= 0.6 is 0 Å². The van der Waals surface area contributed by atoms with E-state index in [1.807, 2.05) is 31.2 Å². The van der Waals surface area contributed by atoms with Crippen molar-refractivity contribution < 1.29 is 4.74 Å². The van der Waals surface area contributed by atoms with Crippen LogP contribution in [0.5, 0.6) is 0 Å². The molecule has 0 saturated carbocycles. The number of aromatic nitrogens is 2. The van der Waals surface area contributed by atoms with E-state index in [0.29, 0.717) is 12.4 Å². The Bertz CT molecular complexity index is 548. The van der Waals surface area contributed by atoms with Gasteiger partial charge in [-0.2, -0.15) is 0 Å². The van der Waals surface area contributed by atoms with Gasteiger partial charge in [-0.15, -0.1) is 0 Å². The fourth-order valence-corrected chi connectivity index (χ4v) is 1.97. The van der Waals surface area contributed by atoms with Gasteiger partial charge in [0.1, 0.15) is 11.5 Å². The van der Waals surface area contributed by atoms with E-state index in [9.17, 15) is 0 Å². The highest BCUT2D eigenvalue weighted by Gasteiger charge is 2.15. The molecule has 0 fully saturated rings. The molecule has 0 bridgehead atoms. The van der Waals surface area contributed by atoms with Gasteiger partial charge in [-0.25, -0.2) is 9.66 Å². The molecule has 1 heterocycles. The Hall–Kier alpha value is -2.01. The van der Waals surface area contributed by atoms with E-state index in [1.165, 1.54) is 4.68 Å². The van der Waals surface area contributed by atoms with Crippen LogP contribution in [0.3, 0.4) is 0 Å². The molecule has 0 radical (unpaired) electrons.